The summed E-state index contributed by atoms with van der Waals surface area (Å²) >= 11 is 6.11. The van der Waals surface area contributed by atoms with Gasteiger partial charge < -0.3 is 15.8 Å². The number of non-ortho nitro benzene ring substituents is 1. The van der Waals surface area contributed by atoms with Gasteiger partial charge in [0.1, 0.15) is 11.6 Å². The number of nitro benzene ring substituents is 1. The Morgan fingerprint density at radius 3 is 2.60 bits per heavy atom. The van der Waals surface area contributed by atoms with Crippen LogP contribution in [0.2, 0.25) is 5.02 Å². The van der Waals surface area contributed by atoms with Gasteiger partial charge in [0.2, 0.25) is 5.78 Å². The van der Waals surface area contributed by atoms with E-state index in [0.717, 1.165) is 11.6 Å². The molecule has 0 heterocycles. The van der Waals surface area contributed by atoms with E-state index in [0.29, 0.717) is 5.02 Å². The van der Waals surface area contributed by atoms with Gasteiger partial charge in [-0.2, -0.15) is 5.26 Å². The molecule has 0 saturated carbocycles. The molecule has 0 atom stereocenters. The minimum Gasteiger partial charge on any atom is -0.454 e. The standard InChI is InChI=1S/C20H17ClN4O5/c1-12(23)16(9-22)19(26)11-30-20(27)15-8-14(25(28)29)6-7-18(15)24-10-13-4-2-3-5-17(13)21/h2-8,24H,10-11,23H2,1H3/b16-12+. The molecule has 0 aliphatic rings. The molecule has 0 radical (unpaired) electrons. The molecule has 0 aliphatic carbocycles. The zero-order valence-corrected chi connectivity index (χ0v) is 16.6. The van der Waals surface area contributed by atoms with Crippen LogP contribution in [-0.2, 0) is 16.1 Å². The van der Waals surface area contributed by atoms with Gasteiger partial charge in [-0.25, -0.2) is 4.79 Å². The molecule has 0 aliphatic heterocycles. The molecule has 0 unspecified atom stereocenters. The Morgan fingerprint density at radius 1 is 1.30 bits per heavy atom. The summed E-state index contributed by atoms with van der Waals surface area (Å²) in [5.41, 5.74) is 5.65. The zero-order chi connectivity index (χ0) is 22.3. The van der Waals surface area contributed by atoms with Gasteiger partial charge in [-0.05, 0) is 24.6 Å². The minimum atomic E-state index is -0.972. The lowest BCUT2D eigenvalue weighted by Gasteiger charge is -2.12. The van der Waals surface area contributed by atoms with Crippen LogP contribution in [0.4, 0.5) is 11.4 Å². The second-order valence-corrected chi connectivity index (χ2v) is 6.51. The highest BCUT2D eigenvalue weighted by Gasteiger charge is 2.20. The monoisotopic (exact) mass is 428 g/mol. The van der Waals surface area contributed by atoms with Gasteiger partial charge in [-0.1, -0.05) is 29.8 Å². The Hall–Kier alpha value is -3.90. The Balaban J connectivity index is 2.24. The molecule has 2 aromatic rings. The third-order valence-electron chi connectivity index (χ3n) is 3.98. The van der Waals surface area contributed by atoms with E-state index in [-0.39, 0.29) is 34.8 Å². The number of nitrogens with one attached hydrogen (secondary N) is 1. The van der Waals surface area contributed by atoms with Gasteiger partial charge in [0, 0.05) is 35.1 Å². The Morgan fingerprint density at radius 2 is 2.00 bits per heavy atom. The lowest BCUT2D eigenvalue weighted by atomic mass is 10.1. The van der Waals surface area contributed by atoms with E-state index < -0.39 is 23.3 Å². The molecule has 0 amide bonds. The molecule has 3 N–H and O–H groups in total. The van der Waals surface area contributed by atoms with Crippen LogP contribution in [-0.4, -0.2) is 23.3 Å². The Bertz CT molecular complexity index is 1070. The number of esters is 1. The minimum absolute atomic E-state index is 0.00371. The SMILES string of the molecule is C/C(N)=C(/C#N)C(=O)COC(=O)c1cc([N+](=O)[O-])ccc1NCc1ccccc1Cl. The fraction of sp³-hybridized carbons (Fsp3) is 0.150. The number of nitrogens with two attached hydrogens (primary N) is 1. The normalized spacial score (nSPS) is 11.1. The lowest BCUT2D eigenvalue weighted by Crippen LogP contribution is -2.18. The van der Waals surface area contributed by atoms with Crippen LogP contribution in [0.5, 0.6) is 0 Å². The van der Waals surface area contributed by atoms with Crippen LogP contribution >= 0.6 is 11.6 Å². The summed E-state index contributed by atoms with van der Waals surface area (Å²) in [6.45, 7) is 0.878. The van der Waals surface area contributed by atoms with Crippen LogP contribution in [0.15, 0.2) is 53.7 Å². The van der Waals surface area contributed by atoms with E-state index in [1.807, 2.05) is 0 Å². The number of nitro groups is 1. The van der Waals surface area contributed by atoms with Gasteiger partial charge in [0.15, 0.2) is 6.61 Å². The summed E-state index contributed by atoms with van der Waals surface area (Å²) < 4.78 is 4.96. The van der Waals surface area contributed by atoms with Crippen molar-refractivity contribution in [2.45, 2.75) is 13.5 Å². The van der Waals surface area contributed by atoms with Gasteiger partial charge in [-0.3, -0.25) is 14.9 Å². The largest absolute Gasteiger partial charge is 0.454 e. The van der Waals surface area contributed by atoms with Crippen LogP contribution in [0.25, 0.3) is 0 Å². The number of nitrogens with zero attached hydrogens (tertiary/aromatic N) is 2. The molecule has 0 spiro atoms. The zero-order valence-electron chi connectivity index (χ0n) is 15.8. The molecule has 10 heteroatoms. The molecule has 9 nitrogen and oxygen atoms in total. The van der Waals surface area contributed by atoms with Gasteiger partial charge >= 0.3 is 5.97 Å². The number of ether oxygens (including phenoxy) is 1. The molecule has 30 heavy (non-hydrogen) atoms. The average molecular weight is 429 g/mol. The Kier molecular flexibility index (Phi) is 7.50. The van der Waals surface area contributed by atoms with Crippen molar-refractivity contribution in [1.29, 1.82) is 5.26 Å². The molecule has 2 aromatic carbocycles. The molecule has 2 rings (SSSR count). The highest BCUT2D eigenvalue weighted by Crippen LogP contribution is 2.25. The first-order chi connectivity index (χ1) is 14.2. The number of hydrogen-bond donors (Lipinski definition) is 2. The third-order valence-corrected chi connectivity index (χ3v) is 4.35. The summed E-state index contributed by atoms with van der Waals surface area (Å²) in [5, 5.41) is 23.5. The second kappa shape index (κ2) is 10.0. The lowest BCUT2D eigenvalue weighted by molar-refractivity contribution is -0.384. The fourth-order valence-electron chi connectivity index (χ4n) is 2.45. The summed E-state index contributed by atoms with van der Waals surface area (Å²) in [4.78, 5) is 34.9. The molecular weight excluding hydrogens is 412 g/mol. The fourth-order valence-corrected chi connectivity index (χ4v) is 2.66. The highest BCUT2D eigenvalue weighted by atomic mass is 35.5. The van der Waals surface area contributed by atoms with Crippen LogP contribution in [0, 0.1) is 21.4 Å². The Labute approximate surface area is 176 Å². The van der Waals surface area contributed by atoms with Crippen molar-refractivity contribution >= 4 is 34.7 Å². The van der Waals surface area contributed by atoms with Gasteiger partial charge in [-0.15, -0.1) is 0 Å². The van der Waals surface area contributed by atoms with Crippen molar-refractivity contribution < 1.29 is 19.2 Å². The molecule has 0 saturated heterocycles. The summed E-state index contributed by atoms with van der Waals surface area (Å²) in [6, 6.07) is 12.3. The van der Waals surface area contributed by atoms with Crippen molar-refractivity contribution in [2.75, 3.05) is 11.9 Å². The topological polar surface area (TPSA) is 148 Å². The third kappa shape index (κ3) is 5.56. The first-order valence-corrected chi connectivity index (χ1v) is 8.95. The van der Waals surface area contributed by atoms with Crippen molar-refractivity contribution in [3.63, 3.8) is 0 Å². The average Bonchev–Trinajstić information content (AvgIpc) is 2.71. The number of carbonyl (C=O) groups is 2. The van der Waals surface area contributed by atoms with E-state index in [1.165, 1.54) is 19.1 Å². The van der Waals surface area contributed by atoms with Crippen molar-refractivity contribution in [1.82, 2.24) is 0 Å². The first kappa shape index (κ1) is 22.4. The number of allylic oxidation sites excluding steroid dienone is 1. The van der Waals surface area contributed by atoms with E-state index >= 15 is 0 Å². The van der Waals surface area contributed by atoms with Crippen molar-refractivity contribution in [2.24, 2.45) is 5.73 Å². The molecular formula is C20H17ClN4O5. The maximum atomic E-state index is 12.5. The maximum absolute atomic E-state index is 12.5. The number of hydrogen-bond acceptors (Lipinski definition) is 8. The first-order valence-electron chi connectivity index (χ1n) is 8.57. The van der Waals surface area contributed by atoms with Gasteiger partial charge in [0.05, 0.1) is 10.5 Å². The highest BCUT2D eigenvalue weighted by molar-refractivity contribution is 6.31. The number of ketones is 1. The summed E-state index contributed by atoms with van der Waals surface area (Å²) in [5.74, 6) is -1.75. The van der Waals surface area contributed by atoms with E-state index in [9.17, 15) is 19.7 Å². The predicted molar refractivity (Wildman–Crippen MR) is 110 cm³/mol. The summed E-state index contributed by atoms with van der Waals surface area (Å²) in [7, 11) is 0. The quantitative estimate of drug-likeness (QED) is 0.214. The molecule has 154 valence electrons. The predicted octanol–water partition coefficient (Wildman–Crippen LogP) is 3.34. The van der Waals surface area contributed by atoms with Crippen molar-refractivity contribution in [3.8, 4) is 6.07 Å². The van der Waals surface area contributed by atoms with E-state index in [2.05, 4.69) is 5.32 Å². The van der Waals surface area contributed by atoms with Crippen molar-refractivity contribution in [3.05, 3.63) is 80.0 Å². The van der Waals surface area contributed by atoms with E-state index in [4.69, 9.17) is 27.3 Å². The maximum Gasteiger partial charge on any atom is 0.340 e. The van der Waals surface area contributed by atoms with Crippen LogP contribution in [0.1, 0.15) is 22.8 Å². The van der Waals surface area contributed by atoms with E-state index in [1.54, 1.807) is 30.3 Å². The molecule has 0 aromatic heterocycles. The number of Topliss-reactive ketones (excluding diaryl/α,β-unsaturated/α-hetero) is 1. The van der Waals surface area contributed by atoms with Crippen LogP contribution in [0.3, 0.4) is 0 Å². The summed E-state index contributed by atoms with van der Waals surface area (Å²) in [6.07, 6.45) is 0. The second-order valence-electron chi connectivity index (χ2n) is 6.10. The number of benzene rings is 2. The number of carbonyl (C=O) groups excluding carboxylic acids is 2. The number of nitriles is 1. The number of halogens is 1. The number of anilines is 1. The van der Waals surface area contributed by atoms with Gasteiger partial charge in [0.25, 0.3) is 5.69 Å². The molecule has 0 fully saturated rings. The number of rotatable bonds is 8. The smallest absolute Gasteiger partial charge is 0.340 e. The molecule has 0 bridgehead atoms. The van der Waals surface area contributed by atoms with Crippen LogP contribution < -0.4 is 11.1 Å².